The summed E-state index contributed by atoms with van der Waals surface area (Å²) >= 11 is 0. The first kappa shape index (κ1) is 20.5. The van der Waals surface area contributed by atoms with Crippen molar-refractivity contribution in [2.75, 3.05) is 20.1 Å². The van der Waals surface area contributed by atoms with Crippen molar-refractivity contribution >= 4 is 18.3 Å². The van der Waals surface area contributed by atoms with E-state index < -0.39 is 6.36 Å². The number of hydrogen-bond donors (Lipinski definition) is 1. The van der Waals surface area contributed by atoms with Crippen LogP contribution in [0.25, 0.3) is 0 Å². The Morgan fingerprint density at radius 3 is 2.14 bits per heavy atom. The van der Waals surface area contributed by atoms with Crippen molar-refractivity contribution in [2.45, 2.75) is 20.2 Å². The van der Waals surface area contributed by atoms with E-state index in [0.717, 1.165) is 12.1 Å². The van der Waals surface area contributed by atoms with Crippen LogP contribution in [0.1, 0.15) is 24.2 Å². The van der Waals surface area contributed by atoms with Crippen LogP contribution in [0.5, 0.6) is 5.75 Å². The largest absolute Gasteiger partial charge is 0.573 e. The number of nitrogens with two attached hydrogens (primary N) is 1. The molecule has 8 heteroatoms. The number of amides is 1. The van der Waals surface area contributed by atoms with Gasteiger partial charge in [0.2, 0.25) is 0 Å². The Balaban J connectivity index is 0.00000441. The van der Waals surface area contributed by atoms with Gasteiger partial charge in [0.1, 0.15) is 5.75 Å². The Morgan fingerprint density at radius 1 is 1.23 bits per heavy atom. The van der Waals surface area contributed by atoms with Crippen LogP contribution in [0.2, 0.25) is 0 Å². The van der Waals surface area contributed by atoms with Crippen LogP contribution in [0, 0.1) is 5.41 Å². The van der Waals surface area contributed by atoms with Crippen molar-refractivity contribution in [3.05, 3.63) is 29.8 Å². The van der Waals surface area contributed by atoms with E-state index in [1.54, 1.807) is 7.05 Å². The molecule has 0 atom stereocenters. The predicted molar refractivity (Wildman–Crippen MR) is 80.2 cm³/mol. The summed E-state index contributed by atoms with van der Waals surface area (Å²) in [6, 6.07) is 4.83. The molecule has 0 unspecified atom stereocenters. The van der Waals surface area contributed by atoms with Gasteiger partial charge in [-0.05, 0) is 36.2 Å². The van der Waals surface area contributed by atoms with Gasteiger partial charge < -0.3 is 15.4 Å². The molecular weight excluding hydrogens is 321 g/mol. The molecule has 0 aliphatic rings. The van der Waals surface area contributed by atoms with Crippen LogP contribution in [0.3, 0.4) is 0 Å². The highest BCUT2D eigenvalue weighted by Gasteiger charge is 2.31. The quantitative estimate of drug-likeness (QED) is 0.896. The molecule has 0 fully saturated rings. The van der Waals surface area contributed by atoms with E-state index in [1.165, 1.54) is 17.0 Å². The van der Waals surface area contributed by atoms with E-state index in [0.29, 0.717) is 18.7 Å². The molecule has 0 spiro atoms. The van der Waals surface area contributed by atoms with Gasteiger partial charge in [-0.25, -0.2) is 0 Å². The van der Waals surface area contributed by atoms with Crippen molar-refractivity contribution in [2.24, 2.45) is 11.1 Å². The summed E-state index contributed by atoms with van der Waals surface area (Å²) in [5.41, 5.74) is 5.67. The summed E-state index contributed by atoms with van der Waals surface area (Å²) in [7, 11) is 1.62. The summed E-state index contributed by atoms with van der Waals surface area (Å²) in [6.07, 6.45) is -4.74. The molecule has 4 nitrogen and oxygen atoms in total. The number of halogens is 4. The maximum Gasteiger partial charge on any atom is 0.573 e. The second-order valence-corrected chi connectivity index (χ2v) is 5.60. The highest BCUT2D eigenvalue weighted by atomic mass is 35.5. The highest BCUT2D eigenvalue weighted by molar-refractivity contribution is 5.94. The number of ether oxygens (including phenoxy) is 1. The van der Waals surface area contributed by atoms with Crippen LogP contribution in [-0.2, 0) is 0 Å². The number of hydrogen-bond acceptors (Lipinski definition) is 3. The Bertz CT molecular complexity index is 490. The fraction of sp³-hybridized carbons (Fsp3) is 0.500. The van der Waals surface area contributed by atoms with Gasteiger partial charge in [0.05, 0.1) is 0 Å². The van der Waals surface area contributed by atoms with Gasteiger partial charge >= 0.3 is 6.36 Å². The SMILES string of the molecule is CN(CC(C)(C)CN)C(=O)c1ccc(OC(F)(F)F)cc1.Cl. The van der Waals surface area contributed by atoms with Gasteiger partial charge in [-0.1, -0.05) is 13.8 Å². The van der Waals surface area contributed by atoms with E-state index in [2.05, 4.69) is 4.74 Å². The second-order valence-electron chi connectivity index (χ2n) is 5.60. The van der Waals surface area contributed by atoms with Crippen molar-refractivity contribution in [1.29, 1.82) is 0 Å². The Hall–Kier alpha value is -1.47. The zero-order valence-corrected chi connectivity index (χ0v) is 13.4. The van der Waals surface area contributed by atoms with Gasteiger partial charge in [0.25, 0.3) is 5.91 Å². The maximum absolute atomic E-state index is 12.2. The van der Waals surface area contributed by atoms with E-state index >= 15 is 0 Å². The molecular formula is C14H20ClF3N2O2. The zero-order chi connectivity index (χ0) is 16.3. The van der Waals surface area contributed by atoms with Crippen molar-refractivity contribution in [3.8, 4) is 5.75 Å². The third-order valence-electron chi connectivity index (χ3n) is 2.90. The average molecular weight is 341 g/mol. The van der Waals surface area contributed by atoms with E-state index in [4.69, 9.17) is 5.73 Å². The first-order chi connectivity index (χ1) is 9.54. The number of carbonyl (C=O) groups excluding carboxylic acids is 1. The van der Waals surface area contributed by atoms with E-state index in [1.807, 2.05) is 13.8 Å². The van der Waals surface area contributed by atoms with Crippen LogP contribution in [-0.4, -0.2) is 37.3 Å². The normalized spacial score (nSPS) is 11.6. The fourth-order valence-electron chi connectivity index (χ4n) is 1.80. The molecule has 1 aromatic rings. The number of benzene rings is 1. The molecule has 0 saturated heterocycles. The molecule has 0 aliphatic carbocycles. The third kappa shape index (κ3) is 6.53. The summed E-state index contributed by atoms with van der Waals surface area (Å²) in [5.74, 6) is -0.640. The molecule has 1 rings (SSSR count). The fourth-order valence-corrected chi connectivity index (χ4v) is 1.80. The third-order valence-corrected chi connectivity index (χ3v) is 2.90. The summed E-state index contributed by atoms with van der Waals surface area (Å²) in [6.45, 7) is 4.72. The lowest BCUT2D eigenvalue weighted by molar-refractivity contribution is -0.274. The topological polar surface area (TPSA) is 55.6 Å². The van der Waals surface area contributed by atoms with Gasteiger partial charge in [-0.15, -0.1) is 25.6 Å². The molecule has 0 radical (unpaired) electrons. The second kappa shape index (κ2) is 7.69. The van der Waals surface area contributed by atoms with E-state index in [9.17, 15) is 18.0 Å². The number of nitrogens with zero attached hydrogens (tertiary/aromatic N) is 1. The highest BCUT2D eigenvalue weighted by Crippen LogP contribution is 2.23. The first-order valence-corrected chi connectivity index (χ1v) is 6.35. The van der Waals surface area contributed by atoms with Crippen molar-refractivity contribution in [1.82, 2.24) is 4.90 Å². The lowest BCUT2D eigenvalue weighted by Gasteiger charge is -2.29. The van der Waals surface area contributed by atoms with Crippen LogP contribution >= 0.6 is 12.4 Å². The monoisotopic (exact) mass is 340 g/mol. The molecule has 0 bridgehead atoms. The maximum atomic E-state index is 12.2. The molecule has 22 heavy (non-hydrogen) atoms. The molecule has 126 valence electrons. The minimum Gasteiger partial charge on any atom is -0.406 e. The van der Waals surface area contributed by atoms with Gasteiger partial charge in [-0.3, -0.25) is 4.79 Å². The lowest BCUT2D eigenvalue weighted by atomic mass is 9.93. The molecule has 2 N–H and O–H groups in total. The molecule has 0 saturated carbocycles. The Kier molecular flexibility index (Phi) is 7.18. The summed E-state index contributed by atoms with van der Waals surface area (Å²) in [4.78, 5) is 13.6. The molecule has 0 aromatic heterocycles. The molecule has 1 amide bonds. The number of rotatable bonds is 5. The minimum atomic E-state index is -4.74. The smallest absolute Gasteiger partial charge is 0.406 e. The standard InChI is InChI=1S/C14H19F3N2O2.ClH/c1-13(2,8-18)9-19(3)12(20)10-4-6-11(7-5-10)21-14(15,16)17;/h4-7H,8-9,18H2,1-3H3;1H. The van der Waals surface area contributed by atoms with Gasteiger partial charge in [0, 0.05) is 19.2 Å². The number of carbonyl (C=O) groups is 1. The first-order valence-electron chi connectivity index (χ1n) is 6.35. The van der Waals surface area contributed by atoms with Crippen LogP contribution in [0.15, 0.2) is 24.3 Å². The van der Waals surface area contributed by atoms with Gasteiger partial charge in [-0.2, -0.15) is 0 Å². The van der Waals surface area contributed by atoms with Crippen LogP contribution in [0.4, 0.5) is 13.2 Å². The molecule has 1 aromatic carbocycles. The minimum absolute atomic E-state index is 0. The summed E-state index contributed by atoms with van der Waals surface area (Å²) in [5, 5.41) is 0. The van der Waals surface area contributed by atoms with E-state index in [-0.39, 0.29) is 29.5 Å². The van der Waals surface area contributed by atoms with Gasteiger partial charge in [0.15, 0.2) is 0 Å². The average Bonchev–Trinajstić information content (AvgIpc) is 2.36. The number of alkyl halides is 3. The Labute approximate surface area is 133 Å². The molecule has 0 heterocycles. The van der Waals surface area contributed by atoms with Crippen molar-refractivity contribution in [3.63, 3.8) is 0 Å². The summed E-state index contributed by atoms with van der Waals surface area (Å²) < 4.78 is 39.9. The molecule has 0 aliphatic heterocycles. The lowest BCUT2D eigenvalue weighted by Crippen LogP contribution is -2.39. The predicted octanol–water partition coefficient (Wildman–Crippen LogP) is 3.06. The zero-order valence-electron chi connectivity index (χ0n) is 12.6. The van der Waals surface area contributed by atoms with Crippen molar-refractivity contribution < 1.29 is 22.7 Å². The van der Waals surface area contributed by atoms with Crippen LogP contribution < -0.4 is 10.5 Å². The Morgan fingerprint density at radius 2 is 1.73 bits per heavy atom.